The van der Waals surface area contributed by atoms with E-state index in [1.807, 2.05) is 36.1 Å². The van der Waals surface area contributed by atoms with Gasteiger partial charge in [-0.2, -0.15) is 0 Å². The van der Waals surface area contributed by atoms with Gasteiger partial charge in [0, 0.05) is 30.4 Å². The lowest BCUT2D eigenvalue weighted by Crippen LogP contribution is -2.32. The molecule has 0 aliphatic carbocycles. The van der Waals surface area contributed by atoms with Crippen molar-refractivity contribution >= 4 is 23.1 Å². The quantitative estimate of drug-likeness (QED) is 0.577. The number of aliphatic hydroxyl groups is 1. The molecule has 0 unspecified atom stereocenters. The van der Waals surface area contributed by atoms with E-state index in [0.29, 0.717) is 24.9 Å². The molecule has 0 saturated carbocycles. The van der Waals surface area contributed by atoms with Gasteiger partial charge >= 0.3 is 6.03 Å². The number of rotatable bonds is 7. The Bertz CT molecular complexity index is 1040. The van der Waals surface area contributed by atoms with Crippen LogP contribution in [-0.2, 0) is 4.74 Å². The van der Waals surface area contributed by atoms with E-state index in [4.69, 9.17) is 9.72 Å². The summed E-state index contributed by atoms with van der Waals surface area (Å²) in [5.41, 5.74) is 5.83. The Morgan fingerprint density at radius 1 is 1.33 bits per heavy atom. The number of nitrogens with zero attached hydrogens (tertiary/aromatic N) is 2. The molecule has 33 heavy (non-hydrogen) atoms. The molecule has 2 aliphatic rings. The number of likely N-dealkylation sites (tertiary alicyclic amines) is 1. The number of aryl methyl sites for hydroxylation is 1. The van der Waals surface area contributed by atoms with E-state index in [1.165, 1.54) is 0 Å². The zero-order valence-electron chi connectivity index (χ0n) is 19.7. The minimum atomic E-state index is -0.117. The molecule has 1 fully saturated rings. The lowest BCUT2D eigenvalue weighted by Gasteiger charge is -2.19. The number of hydrogen-bond donors (Lipinski definition) is 3. The second kappa shape index (κ2) is 10.4. The van der Waals surface area contributed by atoms with Crippen molar-refractivity contribution in [2.24, 2.45) is 5.92 Å². The number of ether oxygens (including phenoxy) is 1. The zero-order valence-corrected chi connectivity index (χ0v) is 19.7. The third kappa shape index (κ3) is 5.54. The molecule has 1 saturated heterocycles. The van der Waals surface area contributed by atoms with Gasteiger partial charge in [-0.05, 0) is 67.1 Å². The fourth-order valence-corrected chi connectivity index (χ4v) is 4.35. The Balaban J connectivity index is 1.62. The average molecular weight is 451 g/mol. The molecule has 0 radical (unpaired) electrons. The molecule has 1 aromatic carbocycles. The van der Waals surface area contributed by atoms with Crippen molar-refractivity contribution in [2.75, 3.05) is 43.5 Å². The van der Waals surface area contributed by atoms with E-state index >= 15 is 0 Å². The van der Waals surface area contributed by atoms with Crippen LogP contribution in [0, 0.1) is 12.8 Å². The summed E-state index contributed by atoms with van der Waals surface area (Å²) >= 11 is 0. The van der Waals surface area contributed by atoms with Gasteiger partial charge in [0.1, 0.15) is 5.82 Å². The van der Waals surface area contributed by atoms with Gasteiger partial charge in [-0.1, -0.05) is 25.5 Å². The number of pyridine rings is 1. The molecule has 2 aromatic rings. The first-order valence-corrected chi connectivity index (χ1v) is 11.8. The van der Waals surface area contributed by atoms with E-state index < -0.39 is 0 Å². The van der Waals surface area contributed by atoms with Gasteiger partial charge in [-0.3, -0.25) is 0 Å². The highest BCUT2D eigenvalue weighted by atomic mass is 16.5. The maximum Gasteiger partial charge on any atom is 0.321 e. The molecule has 2 aliphatic heterocycles. The molecule has 3 N–H and O–H groups in total. The van der Waals surface area contributed by atoms with Crippen LogP contribution in [0.2, 0.25) is 0 Å². The van der Waals surface area contributed by atoms with Crippen molar-refractivity contribution in [3.8, 4) is 11.1 Å². The molecule has 176 valence electrons. The summed E-state index contributed by atoms with van der Waals surface area (Å²) in [6, 6.07) is 9.91. The minimum Gasteiger partial charge on any atom is -0.394 e. The van der Waals surface area contributed by atoms with E-state index in [9.17, 15) is 9.90 Å². The van der Waals surface area contributed by atoms with Crippen LogP contribution in [0.5, 0.6) is 0 Å². The Morgan fingerprint density at radius 3 is 2.88 bits per heavy atom. The molecule has 4 rings (SSSR count). The third-order valence-corrected chi connectivity index (χ3v) is 6.48. The smallest absolute Gasteiger partial charge is 0.321 e. The summed E-state index contributed by atoms with van der Waals surface area (Å²) < 4.78 is 5.50. The maximum absolute atomic E-state index is 12.8. The number of hydrogen-bond acceptors (Lipinski definition) is 5. The minimum absolute atomic E-state index is 0.0168. The Hall–Kier alpha value is -2.90. The third-order valence-electron chi connectivity index (χ3n) is 6.48. The molecular weight excluding hydrogens is 416 g/mol. The van der Waals surface area contributed by atoms with Gasteiger partial charge in [-0.15, -0.1) is 0 Å². The summed E-state index contributed by atoms with van der Waals surface area (Å²) in [5, 5.41) is 15.8. The molecule has 1 aromatic heterocycles. The summed E-state index contributed by atoms with van der Waals surface area (Å²) in [6.45, 7) is 8.93. The number of carbonyl (C=O) groups is 1. The highest BCUT2D eigenvalue weighted by Gasteiger charge is 2.25. The van der Waals surface area contributed by atoms with Crippen LogP contribution < -0.4 is 10.6 Å². The van der Waals surface area contributed by atoms with Gasteiger partial charge < -0.3 is 25.4 Å². The Kier molecular flexibility index (Phi) is 7.30. The Morgan fingerprint density at radius 2 is 2.18 bits per heavy atom. The van der Waals surface area contributed by atoms with E-state index in [-0.39, 0.29) is 18.7 Å². The summed E-state index contributed by atoms with van der Waals surface area (Å²) in [6.07, 6.45) is 4.23. The van der Waals surface area contributed by atoms with Crippen LogP contribution >= 0.6 is 0 Å². The van der Waals surface area contributed by atoms with Gasteiger partial charge in [0.25, 0.3) is 0 Å². The number of urea groups is 1. The first-order valence-electron chi connectivity index (χ1n) is 11.8. The topological polar surface area (TPSA) is 86.7 Å². The molecular formula is C26H34N4O3. The predicted molar refractivity (Wildman–Crippen MR) is 132 cm³/mol. The molecule has 2 atom stereocenters. The largest absolute Gasteiger partial charge is 0.394 e. The van der Waals surface area contributed by atoms with E-state index in [1.54, 1.807) is 0 Å². The van der Waals surface area contributed by atoms with Crippen molar-refractivity contribution in [3.63, 3.8) is 0 Å². The van der Waals surface area contributed by atoms with Crippen molar-refractivity contribution in [2.45, 2.75) is 39.7 Å². The fraction of sp³-hybridized carbons (Fsp3) is 0.462. The second-order valence-electron chi connectivity index (χ2n) is 9.07. The number of nitrogens with one attached hydrogen (secondary N) is 2. The van der Waals surface area contributed by atoms with E-state index in [0.717, 1.165) is 59.6 Å². The number of carbonyl (C=O) groups excluding carboxylic acids is 1. The maximum atomic E-state index is 12.8. The number of benzene rings is 1. The van der Waals surface area contributed by atoms with Crippen molar-refractivity contribution < 1.29 is 14.6 Å². The zero-order chi connectivity index (χ0) is 23.4. The standard InChI is InChI=1S/C26H34N4O3/c1-4-19-7-9-30(14-19)26(32)28-22-6-5-17(2)23(13-22)21-11-24(20-8-10-33-16-20)29-25(12-21)27-18(3)15-31/h5-6,8,11-13,18-19,31H,4,7,9-10,14-16H2,1-3H3,(H,27,29)(H,28,32)/t18-,19-/m1/s1. The number of aliphatic hydroxyl groups excluding tert-OH is 1. The van der Waals surface area contributed by atoms with E-state index in [2.05, 4.69) is 36.6 Å². The van der Waals surface area contributed by atoms with Crippen molar-refractivity contribution in [3.05, 3.63) is 47.7 Å². The first-order chi connectivity index (χ1) is 16.0. The summed E-state index contributed by atoms with van der Waals surface area (Å²) in [4.78, 5) is 19.5. The Labute approximate surface area is 195 Å². The lowest BCUT2D eigenvalue weighted by molar-refractivity contribution is 0.216. The van der Waals surface area contributed by atoms with Crippen LogP contribution in [-0.4, -0.2) is 60.0 Å². The normalized spacial score (nSPS) is 18.8. The van der Waals surface area contributed by atoms with Gasteiger partial charge in [-0.25, -0.2) is 9.78 Å². The van der Waals surface area contributed by atoms with Crippen molar-refractivity contribution in [1.29, 1.82) is 0 Å². The van der Waals surface area contributed by atoms with Crippen molar-refractivity contribution in [1.82, 2.24) is 9.88 Å². The summed E-state index contributed by atoms with van der Waals surface area (Å²) in [5.74, 6) is 1.30. The SMILES string of the molecule is CC[C@@H]1CCN(C(=O)Nc2ccc(C)c(-c3cc(N[C@H](C)CO)nc(C4=CCOC4)c3)c2)C1. The monoisotopic (exact) mass is 450 g/mol. The van der Waals surface area contributed by atoms with Crippen LogP contribution in [0.3, 0.4) is 0 Å². The molecule has 0 bridgehead atoms. The molecule has 7 heteroatoms. The van der Waals surface area contributed by atoms with Gasteiger partial charge in [0.05, 0.1) is 25.5 Å². The molecule has 2 amide bonds. The number of anilines is 2. The number of aromatic nitrogens is 1. The predicted octanol–water partition coefficient (Wildman–Crippen LogP) is 4.53. The number of amides is 2. The van der Waals surface area contributed by atoms with Crippen LogP contribution in [0.1, 0.15) is 37.9 Å². The van der Waals surface area contributed by atoms with Crippen LogP contribution in [0.25, 0.3) is 16.7 Å². The van der Waals surface area contributed by atoms with Gasteiger partial charge in [0.2, 0.25) is 0 Å². The second-order valence-corrected chi connectivity index (χ2v) is 9.07. The molecule has 7 nitrogen and oxygen atoms in total. The van der Waals surface area contributed by atoms with Crippen LogP contribution in [0.4, 0.5) is 16.3 Å². The van der Waals surface area contributed by atoms with Crippen LogP contribution in [0.15, 0.2) is 36.4 Å². The highest BCUT2D eigenvalue weighted by Crippen LogP contribution is 2.32. The molecule has 3 heterocycles. The molecule has 0 spiro atoms. The lowest BCUT2D eigenvalue weighted by atomic mass is 9.98. The average Bonchev–Trinajstić information content (AvgIpc) is 3.52. The first kappa shape index (κ1) is 23.3. The fourth-order valence-electron chi connectivity index (χ4n) is 4.35. The highest BCUT2D eigenvalue weighted by molar-refractivity contribution is 5.91. The summed E-state index contributed by atoms with van der Waals surface area (Å²) in [7, 11) is 0. The van der Waals surface area contributed by atoms with Gasteiger partial charge in [0.15, 0.2) is 0 Å².